The Labute approximate surface area is 136 Å². The fraction of sp³-hybridized carbons (Fsp3) is 0.471. The Morgan fingerprint density at radius 3 is 1.91 bits per heavy atom. The molecule has 1 aliphatic heterocycles. The highest BCUT2D eigenvalue weighted by atomic mass is 16.2. The van der Waals surface area contributed by atoms with Gasteiger partial charge in [0.05, 0.1) is 0 Å². The van der Waals surface area contributed by atoms with Gasteiger partial charge in [-0.3, -0.25) is 14.4 Å². The van der Waals surface area contributed by atoms with Gasteiger partial charge in [-0.2, -0.15) is 0 Å². The largest absolute Gasteiger partial charge is 0.334 e. The van der Waals surface area contributed by atoms with Crippen molar-refractivity contribution in [1.29, 1.82) is 0 Å². The Hall–Kier alpha value is -2.37. The summed E-state index contributed by atoms with van der Waals surface area (Å²) in [5.41, 5.74) is 1.16. The summed E-state index contributed by atoms with van der Waals surface area (Å²) in [6.45, 7) is 6.86. The molecule has 1 saturated heterocycles. The molecular formula is C17H23N3O3. The van der Waals surface area contributed by atoms with E-state index in [-0.39, 0.29) is 5.91 Å². The number of rotatable bonds is 2. The fourth-order valence-corrected chi connectivity index (χ4v) is 3.00. The van der Waals surface area contributed by atoms with Crippen LogP contribution in [0.4, 0.5) is 11.4 Å². The Balaban J connectivity index is 1.95. The number of nitrogens with one attached hydrogen (secondary N) is 2. The quantitative estimate of drug-likeness (QED) is 0.820. The van der Waals surface area contributed by atoms with Crippen LogP contribution in [0.5, 0.6) is 0 Å². The van der Waals surface area contributed by atoms with Crippen LogP contribution in [-0.2, 0) is 14.4 Å². The van der Waals surface area contributed by atoms with Crippen molar-refractivity contribution in [1.82, 2.24) is 4.90 Å². The molecule has 0 saturated carbocycles. The van der Waals surface area contributed by atoms with Gasteiger partial charge in [0.2, 0.25) is 5.91 Å². The van der Waals surface area contributed by atoms with E-state index in [4.69, 9.17) is 0 Å². The minimum Gasteiger partial charge on any atom is -0.334 e. The molecule has 1 fully saturated rings. The Bertz CT molecular complexity index is 588. The summed E-state index contributed by atoms with van der Waals surface area (Å²) in [5.74, 6) is -0.460. The Kier molecular flexibility index (Phi) is 5.36. The van der Waals surface area contributed by atoms with Crippen LogP contribution in [-0.4, -0.2) is 35.7 Å². The molecule has 23 heavy (non-hydrogen) atoms. The molecule has 3 amide bonds. The van der Waals surface area contributed by atoms with Crippen LogP contribution in [0, 0.1) is 11.8 Å². The number of carbonyl (C=O) groups excluding carboxylic acids is 3. The molecular weight excluding hydrogens is 294 g/mol. The summed E-state index contributed by atoms with van der Waals surface area (Å²) < 4.78 is 0. The zero-order valence-corrected chi connectivity index (χ0v) is 13.8. The van der Waals surface area contributed by atoms with Crippen molar-refractivity contribution < 1.29 is 14.4 Å². The number of benzene rings is 1. The number of carbonyl (C=O) groups is 3. The standard InChI is InChI=1S/C17H23N3O3/c1-11-8-12(2)10-20(9-11)17(23)16(22)19-15-6-4-14(5-7-15)18-13(3)21/h4-7,11-12H,8-10H2,1-3H3,(H,18,21)(H,19,22). The Morgan fingerprint density at radius 2 is 1.43 bits per heavy atom. The van der Waals surface area contributed by atoms with E-state index in [1.807, 2.05) is 0 Å². The van der Waals surface area contributed by atoms with Crippen LogP contribution in [0.3, 0.4) is 0 Å². The first-order valence-corrected chi connectivity index (χ1v) is 7.83. The molecule has 1 aliphatic rings. The topological polar surface area (TPSA) is 78.5 Å². The van der Waals surface area contributed by atoms with E-state index in [2.05, 4.69) is 24.5 Å². The molecule has 0 radical (unpaired) electrons. The van der Waals surface area contributed by atoms with Gasteiger partial charge in [-0.15, -0.1) is 0 Å². The molecule has 6 nitrogen and oxygen atoms in total. The number of likely N-dealkylation sites (tertiary alicyclic amines) is 1. The predicted octanol–water partition coefficient (Wildman–Crippen LogP) is 2.09. The predicted molar refractivity (Wildman–Crippen MR) is 88.9 cm³/mol. The van der Waals surface area contributed by atoms with Crippen molar-refractivity contribution in [3.8, 4) is 0 Å². The van der Waals surface area contributed by atoms with Crippen molar-refractivity contribution in [2.24, 2.45) is 11.8 Å². The molecule has 0 bridgehead atoms. The van der Waals surface area contributed by atoms with Crippen molar-refractivity contribution in [2.45, 2.75) is 27.2 Å². The second-order valence-electron chi connectivity index (χ2n) is 6.37. The second-order valence-corrected chi connectivity index (χ2v) is 6.37. The second kappa shape index (κ2) is 7.26. The molecule has 2 atom stereocenters. The lowest BCUT2D eigenvalue weighted by molar-refractivity contribution is -0.144. The van der Waals surface area contributed by atoms with E-state index in [0.717, 1.165) is 6.42 Å². The van der Waals surface area contributed by atoms with E-state index < -0.39 is 11.8 Å². The zero-order chi connectivity index (χ0) is 17.0. The maximum Gasteiger partial charge on any atom is 0.313 e. The molecule has 0 aliphatic carbocycles. The minimum atomic E-state index is -0.626. The number of piperidine rings is 1. The lowest BCUT2D eigenvalue weighted by atomic mass is 9.92. The smallest absolute Gasteiger partial charge is 0.313 e. The molecule has 2 N–H and O–H groups in total. The zero-order valence-electron chi connectivity index (χ0n) is 13.8. The van der Waals surface area contributed by atoms with E-state index in [9.17, 15) is 14.4 Å². The van der Waals surface area contributed by atoms with Crippen LogP contribution in [0.15, 0.2) is 24.3 Å². The first-order chi connectivity index (χ1) is 10.8. The number of hydrogen-bond acceptors (Lipinski definition) is 3. The van der Waals surface area contributed by atoms with Gasteiger partial charge >= 0.3 is 11.8 Å². The summed E-state index contributed by atoms with van der Waals surface area (Å²) in [6.07, 6.45) is 1.08. The van der Waals surface area contributed by atoms with Crippen LogP contribution >= 0.6 is 0 Å². The SMILES string of the molecule is CC(=O)Nc1ccc(NC(=O)C(=O)N2CC(C)CC(C)C2)cc1. The number of hydrogen-bond donors (Lipinski definition) is 2. The lowest BCUT2D eigenvalue weighted by Crippen LogP contribution is -2.47. The summed E-state index contributed by atoms with van der Waals surface area (Å²) in [6, 6.07) is 6.65. The van der Waals surface area contributed by atoms with Gasteiger partial charge in [-0.05, 0) is 42.5 Å². The molecule has 6 heteroatoms. The van der Waals surface area contributed by atoms with Crippen molar-refractivity contribution in [2.75, 3.05) is 23.7 Å². The Morgan fingerprint density at radius 1 is 0.957 bits per heavy atom. The monoisotopic (exact) mass is 317 g/mol. The fourth-order valence-electron chi connectivity index (χ4n) is 3.00. The van der Waals surface area contributed by atoms with Gasteiger partial charge in [-0.25, -0.2) is 0 Å². The maximum absolute atomic E-state index is 12.3. The van der Waals surface area contributed by atoms with Crippen LogP contribution in [0.2, 0.25) is 0 Å². The normalized spacial score (nSPS) is 20.7. The molecule has 1 aromatic rings. The number of nitrogens with zero attached hydrogens (tertiary/aromatic N) is 1. The van der Waals surface area contributed by atoms with E-state index >= 15 is 0 Å². The number of amides is 3. The molecule has 124 valence electrons. The highest BCUT2D eigenvalue weighted by molar-refractivity contribution is 6.39. The summed E-state index contributed by atoms with van der Waals surface area (Å²) in [5, 5.41) is 5.25. The first-order valence-electron chi connectivity index (χ1n) is 7.83. The third kappa shape index (κ3) is 4.81. The molecule has 2 rings (SSSR count). The van der Waals surface area contributed by atoms with Crippen molar-refractivity contribution in [3.05, 3.63) is 24.3 Å². The van der Waals surface area contributed by atoms with Crippen molar-refractivity contribution >= 4 is 29.1 Å². The van der Waals surface area contributed by atoms with Gasteiger partial charge < -0.3 is 15.5 Å². The first kappa shape index (κ1) is 17.0. The third-order valence-electron chi connectivity index (χ3n) is 3.81. The lowest BCUT2D eigenvalue weighted by Gasteiger charge is -2.34. The number of anilines is 2. The molecule has 1 aromatic carbocycles. The highest BCUT2D eigenvalue weighted by Crippen LogP contribution is 2.21. The minimum absolute atomic E-state index is 0.162. The average Bonchev–Trinajstić information content (AvgIpc) is 2.47. The highest BCUT2D eigenvalue weighted by Gasteiger charge is 2.29. The molecule has 1 heterocycles. The van der Waals surface area contributed by atoms with Crippen LogP contribution in [0.25, 0.3) is 0 Å². The van der Waals surface area contributed by atoms with Gasteiger partial charge in [0.25, 0.3) is 0 Å². The molecule has 0 aromatic heterocycles. The summed E-state index contributed by atoms with van der Waals surface area (Å²) in [7, 11) is 0. The van der Waals surface area contributed by atoms with E-state index in [1.165, 1.54) is 6.92 Å². The van der Waals surface area contributed by atoms with Gasteiger partial charge in [-0.1, -0.05) is 13.8 Å². The summed E-state index contributed by atoms with van der Waals surface area (Å²) >= 11 is 0. The van der Waals surface area contributed by atoms with Crippen molar-refractivity contribution in [3.63, 3.8) is 0 Å². The third-order valence-corrected chi connectivity index (χ3v) is 3.81. The van der Waals surface area contributed by atoms with Gasteiger partial charge in [0, 0.05) is 31.4 Å². The summed E-state index contributed by atoms with van der Waals surface area (Å²) in [4.78, 5) is 37.0. The maximum atomic E-state index is 12.3. The molecule has 0 spiro atoms. The molecule has 2 unspecified atom stereocenters. The van der Waals surface area contributed by atoms with E-state index in [1.54, 1.807) is 29.2 Å². The van der Waals surface area contributed by atoms with Crippen LogP contribution < -0.4 is 10.6 Å². The van der Waals surface area contributed by atoms with Gasteiger partial charge in [0.1, 0.15) is 0 Å². The van der Waals surface area contributed by atoms with Crippen LogP contribution in [0.1, 0.15) is 27.2 Å². The van der Waals surface area contributed by atoms with E-state index in [0.29, 0.717) is 36.3 Å². The average molecular weight is 317 g/mol. The van der Waals surface area contributed by atoms with Gasteiger partial charge in [0.15, 0.2) is 0 Å².